The van der Waals surface area contributed by atoms with Crippen LogP contribution < -0.4 is 10.2 Å². The second-order valence-electron chi connectivity index (χ2n) is 4.92. The first-order valence-corrected chi connectivity index (χ1v) is 7.26. The fourth-order valence-corrected chi connectivity index (χ4v) is 2.06. The quantitative estimate of drug-likeness (QED) is 0.820. The molecule has 0 fully saturated rings. The second-order valence-corrected chi connectivity index (χ2v) is 4.92. The van der Waals surface area contributed by atoms with Gasteiger partial charge in [0.25, 0.3) is 0 Å². The molecule has 0 aliphatic heterocycles. The van der Waals surface area contributed by atoms with Gasteiger partial charge in [0.1, 0.15) is 6.04 Å². The van der Waals surface area contributed by atoms with Gasteiger partial charge in [-0.2, -0.15) is 0 Å². The fraction of sp³-hybridized carbons (Fsp3) is 0.500. The van der Waals surface area contributed by atoms with Gasteiger partial charge in [0.05, 0.1) is 7.11 Å². The predicted octanol–water partition coefficient (Wildman–Crippen LogP) is 2.81. The molecule has 0 aromatic heterocycles. The number of urea groups is 1. The highest BCUT2D eigenvalue weighted by molar-refractivity contribution is 5.94. The lowest BCUT2D eigenvalue weighted by atomic mass is 9.99. The van der Waals surface area contributed by atoms with E-state index < -0.39 is 12.0 Å². The van der Waals surface area contributed by atoms with E-state index in [-0.39, 0.29) is 11.9 Å². The predicted molar refractivity (Wildman–Crippen MR) is 83.3 cm³/mol. The highest BCUT2D eigenvalue weighted by Crippen LogP contribution is 2.15. The van der Waals surface area contributed by atoms with Crippen LogP contribution in [0.15, 0.2) is 30.3 Å². The molecule has 0 saturated heterocycles. The summed E-state index contributed by atoms with van der Waals surface area (Å²) in [6.45, 7) is 6.30. The minimum Gasteiger partial charge on any atom is -0.467 e. The zero-order valence-electron chi connectivity index (χ0n) is 13.1. The molecule has 0 radical (unpaired) electrons. The number of ether oxygens (including phenoxy) is 1. The molecule has 21 heavy (non-hydrogen) atoms. The van der Waals surface area contributed by atoms with E-state index in [0.29, 0.717) is 6.54 Å². The van der Waals surface area contributed by atoms with Crippen molar-refractivity contribution in [1.82, 2.24) is 5.32 Å². The SMILES string of the molecule is CC[C@H](C)[C@H](NC(=O)N(CC)c1ccccc1)C(=O)OC. The molecule has 0 unspecified atom stereocenters. The van der Waals surface area contributed by atoms with Crippen molar-refractivity contribution in [3.8, 4) is 0 Å². The second kappa shape index (κ2) is 8.29. The van der Waals surface area contributed by atoms with Crippen molar-refractivity contribution in [2.75, 3.05) is 18.6 Å². The Morgan fingerprint density at radius 3 is 2.33 bits per heavy atom. The maximum Gasteiger partial charge on any atom is 0.328 e. The van der Waals surface area contributed by atoms with Crippen molar-refractivity contribution in [1.29, 1.82) is 0 Å². The first-order chi connectivity index (χ1) is 10.0. The number of carbonyl (C=O) groups excluding carboxylic acids is 2. The average molecular weight is 292 g/mol. The van der Waals surface area contributed by atoms with Crippen molar-refractivity contribution in [3.05, 3.63) is 30.3 Å². The molecular weight excluding hydrogens is 268 g/mol. The number of carbonyl (C=O) groups is 2. The lowest BCUT2D eigenvalue weighted by Gasteiger charge is -2.27. The molecule has 0 saturated carbocycles. The highest BCUT2D eigenvalue weighted by atomic mass is 16.5. The average Bonchev–Trinajstić information content (AvgIpc) is 2.52. The largest absolute Gasteiger partial charge is 0.467 e. The number of nitrogens with one attached hydrogen (secondary N) is 1. The number of hydrogen-bond donors (Lipinski definition) is 1. The third-order valence-corrected chi connectivity index (χ3v) is 3.58. The number of esters is 1. The first-order valence-electron chi connectivity index (χ1n) is 7.26. The number of amides is 2. The third kappa shape index (κ3) is 4.48. The van der Waals surface area contributed by atoms with Crippen LogP contribution in [0, 0.1) is 5.92 Å². The molecule has 0 bridgehead atoms. The van der Waals surface area contributed by atoms with Gasteiger partial charge in [0.2, 0.25) is 0 Å². The number of para-hydroxylation sites is 1. The molecule has 1 rings (SSSR count). The molecule has 2 amide bonds. The van der Waals surface area contributed by atoms with E-state index in [1.54, 1.807) is 4.90 Å². The molecule has 0 spiro atoms. The fourth-order valence-electron chi connectivity index (χ4n) is 2.06. The van der Waals surface area contributed by atoms with Gasteiger partial charge in [0.15, 0.2) is 0 Å². The molecule has 2 atom stereocenters. The minimum absolute atomic E-state index is 0.0101. The number of methoxy groups -OCH3 is 1. The summed E-state index contributed by atoms with van der Waals surface area (Å²) >= 11 is 0. The van der Waals surface area contributed by atoms with Gasteiger partial charge in [-0.25, -0.2) is 9.59 Å². The van der Waals surface area contributed by atoms with E-state index in [1.807, 2.05) is 51.1 Å². The van der Waals surface area contributed by atoms with Crippen LogP contribution in [0.1, 0.15) is 27.2 Å². The van der Waals surface area contributed by atoms with E-state index >= 15 is 0 Å². The van der Waals surface area contributed by atoms with Crippen molar-refractivity contribution in [3.63, 3.8) is 0 Å². The number of nitrogens with zero attached hydrogens (tertiary/aromatic N) is 1. The maximum absolute atomic E-state index is 12.4. The summed E-state index contributed by atoms with van der Waals surface area (Å²) < 4.78 is 4.78. The number of benzene rings is 1. The third-order valence-electron chi connectivity index (χ3n) is 3.58. The molecule has 1 N–H and O–H groups in total. The topological polar surface area (TPSA) is 58.6 Å². The van der Waals surface area contributed by atoms with Crippen LogP contribution in [-0.2, 0) is 9.53 Å². The summed E-state index contributed by atoms with van der Waals surface area (Å²) in [5.41, 5.74) is 0.797. The summed E-state index contributed by atoms with van der Waals surface area (Å²) in [5.74, 6) is -0.405. The number of hydrogen-bond acceptors (Lipinski definition) is 3. The zero-order chi connectivity index (χ0) is 15.8. The van der Waals surface area contributed by atoms with E-state index in [4.69, 9.17) is 4.74 Å². The minimum atomic E-state index is -0.634. The number of anilines is 1. The summed E-state index contributed by atoms with van der Waals surface area (Å²) in [5, 5.41) is 2.78. The summed E-state index contributed by atoms with van der Waals surface area (Å²) in [6.07, 6.45) is 0.775. The molecule has 1 aromatic rings. The van der Waals surface area contributed by atoms with Crippen LogP contribution in [0.5, 0.6) is 0 Å². The molecule has 0 aliphatic carbocycles. The maximum atomic E-state index is 12.4. The first kappa shape index (κ1) is 17.0. The summed E-state index contributed by atoms with van der Waals surface area (Å²) in [4.78, 5) is 25.9. The molecule has 1 aromatic carbocycles. The van der Waals surface area contributed by atoms with Gasteiger partial charge in [-0.1, -0.05) is 38.5 Å². The lowest BCUT2D eigenvalue weighted by molar-refractivity contribution is -0.144. The van der Waals surface area contributed by atoms with Crippen LogP contribution >= 0.6 is 0 Å². The Labute approximate surface area is 126 Å². The van der Waals surface area contributed by atoms with Crippen molar-refractivity contribution < 1.29 is 14.3 Å². The van der Waals surface area contributed by atoms with Gasteiger partial charge in [-0.15, -0.1) is 0 Å². The van der Waals surface area contributed by atoms with Gasteiger partial charge in [-0.3, -0.25) is 4.90 Å². The molecule has 0 heterocycles. The van der Waals surface area contributed by atoms with Crippen molar-refractivity contribution in [2.45, 2.75) is 33.2 Å². The molecule has 116 valence electrons. The lowest BCUT2D eigenvalue weighted by Crippen LogP contribution is -2.51. The Kier molecular flexibility index (Phi) is 6.72. The van der Waals surface area contributed by atoms with E-state index in [1.165, 1.54) is 7.11 Å². The Balaban J connectivity index is 2.87. The smallest absolute Gasteiger partial charge is 0.328 e. The van der Waals surface area contributed by atoms with Gasteiger partial charge < -0.3 is 10.1 Å². The summed E-state index contributed by atoms with van der Waals surface area (Å²) in [7, 11) is 1.33. The standard InChI is InChI=1S/C16H24N2O3/c1-5-12(3)14(15(19)21-4)17-16(20)18(6-2)13-10-8-7-9-11-13/h7-12,14H,5-6H2,1-4H3,(H,17,20)/t12-,14-/m0/s1. The van der Waals surface area contributed by atoms with Crippen LogP contribution in [0.25, 0.3) is 0 Å². The van der Waals surface area contributed by atoms with Crippen LogP contribution in [-0.4, -0.2) is 31.7 Å². The molecule has 0 aliphatic rings. The van der Waals surface area contributed by atoms with Crippen LogP contribution in [0.4, 0.5) is 10.5 Å². The Morgan fingerprint density at radius 2 is 1.86 bits per heavy atom. The highest BCUT2D eigenvalue weighted by Gasteiger charge is 2.28. The number of rotatable bonds is 6. The molecule has 5 heteroatoms. The van der Waals surface area contributed by atoms with Gasteiger partial charge in [0, 0.05) is 12.2 Å². The zero-order valence-corrected chi connectivity index (χ0v) is 13.1. The van der Waals surface area contributed by atoms with Crippen molar-refractivity contribution >= 4 is 17.7 Å². The monoisotopic (exact) mass is 292 g/mol. The van der Waals surface area contributed by atoms with Crippen molar-refractivity contribution in [2.24, 2.45) is 5.92 Å². The van der Waals surface area contributed by atoms with E-state index in [2.05, 4.69) is 5.32 Å². The molecule has 5 nitrogen and oxygen atoms in total. The van der Waals surface area contributed by atoms with Crippen LogP contribution in [0.3, 0.4) is 0 Å². The van der Waals surface area contributed by atoms with E-state index in [0.717, 1.165) is 12.1 Å². The van der Waals surface area contributed by atoms with Gasteiger partial charge >= 0.3 is 12.0 Å². The van der Waals surface area contributed by atoms with Gasteiger partial charge in [-0.05, 0) is 25.0 Å². The normalized spacial score (nSPS) is 13.1. The molecular formula is C16H24N2O3. The Bertz CT molecular complexity index is 462. The summed E-state index contributed by atoms with van der Waals surface area (Å²) in [6, 6.07) is 8.43. The Hall–Kier alpha value is -2.04. The van der Waals surface area contributed by atoms with E-state index in [9.17, 15) is 9.59 Å². The Morgan fingerprint density at radius 1 is 1.24 bits per heavy atom. The van der Waals surface area contributed by atoms with Crippen LogP contribution in [0.2, 0.25) is 0 Å².